The maximum Gasteiger partial charge on any atom is 0.227 e. The van der Waals surface area contributed by atoms with Crippen molar-refractivity contribution in [3.05, 3.63) is 35.9 Å². The SMILES string of the molecule is O=C(NCC1CCCC1O)C1CCCN(C(=O)Cc2ccccc2)C1. The summed E-state index contributed by atoms with van der Waals surface area (Å²) in [4.78, 5) is 26.8. The van der Waals surface area contributed by atoms with Gasteiger partial charge in [0.25, 0.3) is 0 Å². The first-order valence-electron chi connectivity index (χ1n) is 9.41. The quantitative estimate of drug-likeness (QED) is 0.855. The molecule has 3 rings (SSSR count). The summed E-state index contributed by atoms with van der Waals surface area (Å²) in [5.74, 6) is 0.168. The fraction of sp³-hybridized carbons (Fsp3) is 0.600. The van der Waals surface area contributed by atoms with Gasteiger partial charge < -0.3 is 15.3 Å². The molecule has 0 radical (unpaired) electrons. The van der Waals surface area contributed by atoms with E-state index in [2.05, 4.69) is 5.32 Å². The van der Waals surface area contributed by atoms with Crippen LogP contribution in [0.2, 0.25) is 0 Å². The van der Waals surface area contributed by atoms with Gasteiger partial charge in [-0.25, -0.2) is 0 Å². The number of hydrogen-bond donors (Lipinski definition) is 2. The van der Waals surface area contributed by atoms with Gasteiger partial charge in [-0.1, -0.05) is 36.8 Å². The molecule has 1 heterocycles. The van der Waals surface area contributed by atoms with Gasteiger partial charge in [-0.15, -0.1) is 0 Å². The van der Waals surface area contributed by atoms with E-state index < -0.39 is 0 Å². The summed E-state index contributed by atoms with van der Waals surface area (Å²) in [7, 11) is 0. The molecule has 2 amide bonds. The molecular weight excluding hydrogens is 316 g/mol. The summed E-state index contributed by atoms with van der Waals surface area (Å²) in [6.45, 7) is 1.79. The number of rotatable bonds is 5. The highest BCUT2D eigenvalue weighted by Crippen LogP contribution is 2.25. The van der Waals surface area contributed by atoms with Crippen LogP contribution in [0, 0.1) is 11.8 Å². The number of benzene rings is 1. The molecule has 2 fully saturated rings. The lowest BCUT2D eigenvalue weighted by molar-refractivity contribution is -0.135. The van der Waals surface area contributed by atoms with Gasteiger partial charge in [0.15, 0.2) is 0 Å². The number of carbonyl (C=O) groups excluding carboxylic acids is 2. The number of nitrogens with one attached hydrogen (secondary N) is 1. The topological polar surface area (TPSA) is 69.6 Å². The van der Waals surface area contributed by atoms with Gasteiger partial charge in [0, 0.05) is 25.6 Å². The van der Waals surface area contributed by atoms with Crippen LogP contribution in [0.3, 0.4) is 0 Å². The second-order valence-electron chi connectivity index (χ2n) is 7.34. The van der Waals surface area contributed by atoms with Crippen molar-refractivity contribution in [2.24, 2.45) is 11.8 Å². The van der Waals surface area contributed by atoms with Crippen molar-refractivity contribution < 1.29 is 14.7 Å². The molecule has 3 atom stereocenters. The molecule has 5 nitrogen and oxygen atoms in total. The molecule has 2 aliphatic rings. The van der Waals surface area contributed by atoms with Crippen molar-refractivity contribution in [3.8, 4) is 0 Å². The predicted octanol–water partition coefficient (Wildman–Crippen LogP) is 1.74. The van der Waals surface area contributed by atoms with Crippen LogP contribution in [0.15, 0.2) is 30.3 Å². The molecule has 1 saturated carbocycles. The van der Waals surface area contributed by atoms with E-state index in [0.717, 1.165) is 44.2 Å². The average molecular weight is 344 g/mol. The molecule has 1 aromatic carbocycles. The summed E-state index contributed by atoms with van der Waals surface area (Å²) in [5.41, 5.74) is 1.01. The van der Waals surface area contributed by atoms with Gasteiger partial charge in [0.1, 0.15) is 0 Å². The van der Waals surface area contributed by atoms with E-state index in [1.54, 1.807) is 0 Å². The fourth-order valence-corrected chi connectivity index (χ4v) is 3.93. The highest BCUT2D eigenvalue weighted by atomic mass is 16.3. The minimum absolute atomic E-state index is 0.0244. The number of carbonyl (C=O) groups is 2. The van der Waals surface area contributed by atoms with E-state index in [1.807, 2.05) is 35.2 Å². The average Bonchev–Trinajstić information content (AvgIpc) is 3.05. The second-order valence-corrected chi connectivity index (χ2v) is 7.34. The summed E-state index contributed by atoms with van der Waals surface area (Å²) in [6.07, 6.45) is 4.66. The van der Waals surface area contributed by atoms with Crippen LogP contribution in [0.5, 0.6) is 0 Å². The monoisotopic (exact) mass is 344 g/mol. The van der Waals surface area contributed by atoms with E-state index in [1.165, 1.54) is 0 Å². The number of likely N-dealkylation sites (tertiary alicyclic amines) is 1. The lowest BCUT2D eigenvalue weighted by atomic mass is 9.96. The van der Waals surface area contributed by atoms with Crippen LogP contribution in [-0.2, 0) is 16.0 Å². The Labute approximate surface area is 149 Å². The Morgan fingerprint density at radius 3 is 2.64 bits per heavy atom. The normalized spacial score (nSPS) is 26.4. The molecule has 1 aromatic rings. The van der Waals surface area contributed by atoms with Crippen LogP contribution < -0.4 is 5.32 Å². The van der Waals surface area contributed by atoms with Crippen molar-refractivity contribution in [2.45, 2.75) is 44.6 Å². The van der Waals surface area contributed by atoms with E-state index in [-0.39, 0.29) is 29.8 Å². The Morgan fingerprint density at radius 1 is 1.12 bits per heavy atom. The Hall–Kier alpha value is -1.88. The molecule has 1 aliphatic heterocycles. The van der Waals surface area contributed by atoms with Crippen LogP contribution in [0.4, 0.5) is 0 Å². The highest BCUT2D eigenvalue weighted by molar-refractivity contribution is 5.82. The molecule has 1 saturated heterocycles. The van der Waals surface area contributed by atoms with Gasteiger partial charge in [-0.05, 0) is 31.2 Å². The van der Waals surface area contributed by atoms with Crippen LogP contribution in [0.25, 0.3) is 0 Å². The zero-order valence-electron chi connectivity index (χ0n) is 14.7. The third kappa shape index (κ3) is 4.82. The molecular formula is C20H28N2O3. The van der Waals surface area contributed by atoms with Crippen LogP contribution in [0.1, 0.15) is 37.7 Å². The molecule has 25 heavy (non-hydrogen) atoms. The van der Waals surface area contributed by atoms with Gasteiger partial charge >= 0.3 is 0 Å². The Kier molecular flexibility index (Phi) is 6.08. The highest BCUT2D eigenvalue weighted by Gasteiger charge is 2.30. The van der Waals surface area contributed by atoms with E-state index in [0.29, 0.717) is 19.5 Å². The summed E-state index contributed by atoms with van der Waals surface area (Å²) in [6, 6.07) is 9.73. The molecule has 1 aliphatic carbocycles. The van der Waals surface area contributed by atoms with E-state index >= 15 is 0 Å². The van der Waals surface area contributed by atoms with Crippen molar-refractivity contribution in [1.82, 2.24) is 10.2 Å². The first kappa shape index (κ1) is 17.9. The van der Waals surface area contributed by atoms with E-state index in [4.69, 9.17) is 0 Å². The number of amides is 2. The number of aliphatic hydroxyl groups is 1. The zero-order chi connectivity index (χ0) is 17.6. The molecule has 0 spiro atoms. The smallest absolute Gasteiger partial charge is 0.227 e. The predicted molar refractivity (Wildman–Crippen MR) is 95.8 cm³/mol. The first-order valence-corrected chi connectivity index (χ1v) is 9.41. The lowest BCUT2D eigenvalue weighted by Crippen LogP contribution is -2.46. The molecule has 2 N–H and O–H groups in total. The standard InChI is InChI=1S/C20H28N2O3/c23-18-10-4-8-16(18)13-21-20(25)17-9-5-11-22(14-17)19(24)12-15-6-2-1-3-7-15/h1-3,6-7,16-18,23H,4-5,8-14H2,(H,21,25). The van der Waals surface area contributed by atoms with E-state index in [9.17, 15) is 14.7 Å². The Morgan fingerprint density at radius 2 is 1.92 bits per heavy atom. The largest absolute Gasteiger partial charge is 0.393 e. The van der Waals surface area contributed by atoms with Crippen molar-refractivity contribution >= 4 is 11.8 Å². The summed E-state index contributed by atoms with van der Waals surface area (Å²) < 4.78 is 0. The maximum atomic E-state index is 12.5. The zero-order valence-corrected chi connectivity index (χ0v) is 14.7. The van der Waals surface area contributed by atoms with Gasteiger partial charge in [-0.2, -0.15) is 0 Å². The van der Waals surface area contributed by atoms with Crippen molar-refractivity contribution in [1.29, 1.82) is 0 Å². The van der Waals surface area contributed by atoms with Crippen molar-refractivity contribution in [3.63, 3.8) is 0 Å². The van der Waals surface area contributed by atoms with Crippen LogP contribution >= 0.6 is 0 Å². The van der Waals surface area contributed by atoms with Crippen molar-refractivity contribution in [2.75, 3.05) is 19.6 Å². The summed E-state index contributed by atoms with van der Waals surface area (Å²) in [5, 5.41) is 12.9. The number of piperidine rings is 1. The third-order valence-corrected chi connectivity index (χ3v) is 5.50. The molecule has 3 unspecified atom stereocenters. The maximum absolute atomic E-state index is 12.5. The molecule has 0 aromatic heterocycles. The molecule has 0 bridgehead atoms. The molecule has 5 heteroatoms. The van der Waals surface area contributed by atoms with Crippen LogP contribution in [-0.4, -0.2) is 47.6 Å². The molecule has 136 valence electrons. The number of nitrogens with zero attached hydrogens (tertiary/aromatic N) is 1. The number of hydrogen-bond acceptors (Lipinski definition) is 3. The van der Waals surface area contributed by atoms with Gasteiger partial charge in [0.05, 0.1) is 18.4 Å². The minimum Gasteiger partial charge on any atom is -0.393 e. The number of aliphatic hydroxyl groups excluding tert-OH is 1. The third-order valence-electron chi connectivity index (χ3n) is 5.50. The Bertz CT molecular complexity index is 590. The van der Waals surface area contributed by atoms with Gasteiger partial charge in [-0.3, -0.25) is 9.59 Å². The second kappa shape index (κ2) is 8.48. The fourth-order valence-electron chi connectivity index (χ4n) is 3.93. The summed E-state index contributed by atoms with van der Waals surface area (Å²) >= 11 is 0. The first-order chi connectivity index (χ1) is 12.1. The van der Waals surface area contributed by atoms with Gasteiger partial charge in [0.2, 0.25) is 11.8 Å². The Balaban J connectivity index is 1.48. The minimum atomic E-state index is -0.282. The lowest BCUT2D eigenvalue weighted by Gasteiger charge is -2.32.